The molecule has 0 saturated carbocycles. The normalized spacial score (nSPS) is 11.1. The van der Waals surface area contributed by atoms with Gasteiger partial charge in [0, 0.05) is 24.4 Å². The van der Waals surface area contributed by atoms with E-state index in [1.54, 1.807) is 19.2 Å². The topological polar surface area (TPSA) is 108 Å². The predicted molar refractivity (Wildman–Crippen MR) is 131 cm³/mol. The molecule has 0 bridgehead atoms. The van der Waals surface area contributed by atoms with Crippen molar-refractivity contribution in [3.05, 3.63) is 89.9 Å². The Morgan fingerprint density at radius 3 is 2.49 bits per heavy atom. The second-order valence-corrected chi connectivity index (χ2v) is 7.77. The lowest BCUT2D eigenvalue weighted by Gasteiger charge is -2.14. The molecule has 5 rings (SSSR count). The van der Waals surface area contributed by atoms with E-state index in [0.29, 0.717) is 34.6 Å². The monoisotopic (exact) mass is 545 g/mol. The first-order valence-electron chi connectivity index (χ1n) is 11.0. The van der Waals surface area contributed by atoms with Gasteiger partial charge in [0.2, 0.25) is 0 Å². The lowest BCUT2D eigenvalue weighted by molar-refractivity contribution is -0.137. The summed E-state index contributed by atoms with van der Waals surface area (Å²) in [7, 11) is 1.56. The highest BCUT2D eigenvalue weighted by Crippen LogP contribution is 2.33. The maximum atomic E-state index is 14.5. The largest absolute Gasteiger partial charge is 0.416 e. The molecule has 0 aliphatic rings. The molecule has 8 nitrogen and oxygen atoms in total. The Labute approximate surface area is 216 Å². The number of benzene rings is 2. The molecule has 0 saturated heterocycles. The van der Waals surface area contributed by atoms with Crippen molar-refractivity contribution in [3.8, 4) is 11.3 Å². The third-order valence-electron chi connectivity index (χ3n) is 5.27. The Balaban J connectivity index is 0.000000229. The SMILES string of the molecule is CNc1ccc(F)c(Nc2ncccc2-c2ncnc3nc[nH]c23)c1F.O=Cc1cc(F)cc(C(F)(F)F)c1. The minimum absolute atomic E-state index is 0.165. The summed E-state index contributed by atoms with van der Waals surface area (Å²) in [6.45, 7) is 0. The number of halogens is 6. The van der Waals surface area contributed by atoms with Crippen LogP contribution in [0.3, 0.4) is 0 Å². The van der Waals surface area contributed by atoms with Gasteiger partial charge in [-0.3, -0.25) is 4.79 Å². The molecule has 5 aromatic rings. The first-order valence-corrected chi connectivity index (χ1v) is 11.0. The van der Waals surface area contributed by atoms with Crippen molar-refractivity contribution in [1.82, 2.24) is 24.9 Å². The average molecular weight is 545 g/mol. The van der Waals surface area contributed by atoms with Crippen LogP contribution in [-0.4, -0.2) is 38.3 Å². The first-order chi connectivity index (χ1) is 18.6. The number of aromatic amines is 1. The summed E-state index contributed by atoms with van der Waals surface area (Å²) in [5, 5.41) is 5.42. The van der Waals surface area contributed by atoms with E-state index in [1.807, 2.05) is 0 Å². The second-order valence-electron chi connectivity index (χ2n) is 7.77. The zero-order valence-corrected chi connectivity index (χ0v) is 19.8. The van der Waals surface area contributed by atoms with E-state index in [4.69, 9.17) is 0 Å². The van der Waals surface area contributed by atoms with E-state index in [2.05, 4.69) is 35.6 Å². The van der Waals surface area contributed by atoms with E-state index < -0.39 is 29.2 Å². The number of hydrogen-bond donors (Lipinski definition) is 3. The summed E-state index contributed by atoms with van der Waals surface area (Å²) < 4.78 is 77.2. The van der Waals surface area contributed by atoms with Gasteiger partial charge < -0.3 is 15.6 Å². The molecular formula is C25H17F6N7O. The number of hydrogen-bond acceptors (Lipinski definition) is 7. The Morgan fingerprint density at radius 1 is 0.974 bits per heavy atom. The van der Waals surface area contributed by atoms with Gasteiger partial charge in [-0.25, -0.2) is 33.1 Å². The van der Waals surface area contributed by atoms with E-state index in [9.17, 15) is 31.1 Å². The number of carbonyl (C=O) groups is 1. The minimum atomic E-state index is -4.63. The van der Waals surface area contributed by atoms with Gasteiger partial charge in [-0.2, -0.15) is 13.2 Å². The number of aromatic nitrogens is 5. The van der Waals surface area contributed by atoms with Gasteiger partial charge in [-0.1, -0.05) is 0 Å². The van der Waals surface area contributed by atoms with E-state index >= 15 is 0 Å². The molecule has 0 radical (unpaired) electrons. The Morgan fingerprint density at radius 2 is 1.77 bits per heavy atom. The summed E-state index contributed by atoms with van der Waals surface area (Å²) in [5.74, 6) is -2.28. The molecule has 0 atom stereocenters. The molecule has 2 aromatic carbocycles. The molecule has 0 aliphatic heterocycles. The lowest BCUT2D eigenvalue weighted by atomic mass is 10.1. The van der Waals surface area contributed by atoms with Crippen molar-refractivity contribution in [1.29, 1.82) is 0 Å². The van der Waals surface area contributed by atoms with Crippen molar-refractivity contribution in [2.75, 3.05) is 17.7 Å². The predicted octanol–water partition coefficient (Wildman–Crippen LogP) is 6.14. The zero-order chi connectivity index (χ0) is 28.2. The zero-order valence-electron chi connectivity index (χ0n) is 19.8. The summed E-state index contributed by atoms with van der Waals surface area (Å²) in [5.41, 5.74) is 0.553. The number of fused-ring (bicyclic) bond motifs is 1. The molecule has 39 heavy (non-hydrogen) atoms. The number of aldehydes is 1. The van der Waals surface area contributed by atoms with Gasteiger partial charge in [0.1, 0.15) is 47.0 Å². The van der Waals surface area contributed by atoms with Crippen molar-refractivity contribution >= 4 is 34.6 Å². The molecular weight excluding hydrogens is 528 g/mol. The van der Waals surface area contributed by atoms with Crippen LogP contribution in [0.15, 0.2) is 61.3 Å². The molecule has 3 heterocycles. The lowest BCUT2D eigenvalue weighted by Crippen LogP contribution is -2.06. The molecule has 3 N–H and O–H groups in total. The maximum Gasteiger partial charge on any atom is 0.416 e. The van der Waals surface area contributed by atoms with E-state index in [-0.39, 0.29) is 29.0 Å². The minimum Gasteiger partial charge on any atom is -0.386 e. The second kappa shape index (κ2) is 11.2. The van der Waals surface area contributed by atoms with Crippen LogP contribution in [0.2, 0.25) is 0 Å². The van der Waals surface area contributed by atoms with E-state index in [1.165, 1.54) is 31.0 Å². The highest BCUT2D eigenvalue weighted by molar-refractivity contribution is 5.91. The first kappa shape index (κ1) is 27.0. The van der Waals surface area contributed by atoms with Gasteiger partial charge in [0.25, 0.3) is 0 Å². The summed E-state index contributed by atoms with van der Waals surface area (Å²) in [4.78, 5) is 29.7. The quantitative estimate of drug-likeness (QED) is 0.180. The van der Waals surface area contributed by atoms with Crippen LogP contribution in [0.1, 0.15) is 15.9 Å². The number of alkyl halides is 3. The fraction of sp³-hybridized carbons (Fsp3) is 0.0800. The van der Waals surface area contributed by atoms with E-state index in [0.717, 1.165) is 6.07 Å². The van der Waals surface area contributed by atoms with Crippen molar-refractivity contribution in [2.24, 2.45) is 0 Å². The smallest absolute Gasteiger partial charge is 0.386 e. The fourth-order valence-corrected chi connectivity index (χ4v) is 3.49. The Bertz CT molecular complexity index is 1640. The summed E-state index contributed by atoms with van der Waals surface area (Å²) in [6.07, 6.45) is -0.0623. The number of anilines is 3. The van der Waals surface area contributed by atoms with Crippen LogP contribution in [0.4, 0.5) is 43.5 Å². The molecule has 0 amide bonds. The molecule has 0 unspecified atom stereocenters. The van der Waals surface area contributed by atoms with Crippen LogP contribution in [0.25, 0.3) is 22.4 Å². The van der Waals surface area contributed by atoms with Crippen molar-refractivity contribution in [3.63, 3.8) is 0 Å². The molecule has 3 aromatic heterocycles. The average Bonchev–Trinajstić information content (AvgIpc) is 3.40. The number of pyridine rings is 1. The van der Waals surface area contributed by atoms with Crippen LogP contribution < -0.4 is 10.6 Å². The van der Waals surface area contributed by atoms with Gasteiger partial charge >= 0.3 is 6.18 Å². The number of carbonyl (C=O) groups excluding carboxylic acids is 1. The van der Waals surface area contributed by atoms with Crippen LogP contribution >= 0.6 is 0 Å². The Kier molecular flexibility index (Phi) is 7.74. The number of H-pyrrole nitrogens is 1. The van der Waals surface area contributed by atoms with Crippen LogP contribution in [-0.2, 0) is 6.18 Å². The molecule has 0 spiro atoms. The summed E-state index contributed by atoms with van der Waals surface area (Å²) >= 11 is 0. The number of nitrogens with zero attached hydrogens (tertiary/aromatic N) is 4. The fourth-order valence-electron chi connectivity index (χ4n) is 3.49. The number of rotatable bonds is 5. The molecule has 0 fully saturated rings. The number of nitrogens with one attached hydrogen (secondary N) is 3. The van der Waals surface area contributed by atoms with Crippen LogP contribution in [0.5, 0.6) is 0 Å². The highest BCUT2D eigenvalue weighted by atomic mass is 19.4. The standard InChI is InChI=1S/C17H13F2N7.C8H4F4O/c1-20-11-5-4-10(18)14(12(11)19)26-16-9(3-2-6-21-16)13-15-17(24-7-22-13)25-8-23-15;9-7-2-5(4-13)1-6(3-7)8(10,11)12/h2-8,20H,1H3,(H,21,26)(H,22,23,24,25);1-4H. The van der Waals surface area contributed by atoms with Crippen molar-refractivity contribution < 1.29 is 31.1 Å². The molecule has 200 valence electrons. The van der Waals surface area contributed by atoms with Gasteiger partial charge in [0.05, 0.1) is 17.6 Å². The maximum absolute atomic E-state index is 14.5. The van der Waals surface area contributed by atoms with Gasteiger partial charge in [0.15, 0.2) is 11.5 Å². The van der Waals surface area contributed by atoms with Crippen LogP contribution in [0, 0.1) is 17.5 Å². The summed E-state index contributed by atoms with van der Waals surface area (Å²) in [6, 6.07) is 7.63. The number of imidazole rings is 1. The Hall–Kier alpha value is -5.01. The van der Waals surface area contributed by atoms with Gasteiger partial charge in [-0.05, 0) is 42.5 Å². The molecule has 0 aliphatic carbocycles. The highest BCUT2D eigenvalue weighted by Gasteiger charge is 2.31. The third kappa shape index (κ3) is 5.95. The molecule has 14 heteroatoms. The van der Waals surface area contributed by atoms with Crippen molar-refractivity contribution in [2.45, 2.75) is 6.18 Å². The third-order valence-corrected chi connectivity index (χ3v) is 5.27. The van der Waals surface area contributed by atoms with Gasteiger partial charge in [-0.15, -0.1) is 0 Å².